The summed E-state index contributed by atoms with van der Waals surface area (Å²) >= 11 is 5.49. The third kappa shape index (κ3) is 1.77. The third-order valence-corrected chi connectivity index (χ3v) is 1.64. The van der Waals surface area contributed by atoms with Gasteiger partial charge < -0.3 is 5.41 Å². The molecular weight excluding hydrogens is 165 g/mol. The molecule has 0 fully saturated rings. The van der Waals surface area contributed by atoms with E-state index in [2.05, 4.69) is 0 Å². The van der Waals surface area contributed by atoms with Crippen molar-refractivity contribution in [1.29, 1.82) is 5.41 Å². The molecule has 0 bridgehead atoms. The van der Waals surface area contributed by atoms with E-state index in [4.69, 9.17) is 17.0 Å². The molecule has 0 unspecified atom stereocenters. The first kappa shape index (κ1) is 8.21. The van der Waals surface area contributed by atoms with Crippen LogP contribution in [0.25, 0.3) is 0 Å². The van der Waals surface area contributed by atoms with E-state index < -0.39 is 5.82 Å². The summed E-state index contributed by atoms with van der Waals surface area (Å²) in [5, 5.41) is 7.29. The molecule has 0 saturated heterocycles. The van der Waals surface area contributed by atoms with Gasteiger partial charge in [-0.2, -0.15) is 0 Å². The molecule has 0 aromatic heterocycles. The van der Waals surface area contributed by atoms with Crippen LogP contribution in [0.2, 0.25) is 5.02 Å². The van der Waals surface area contributed by atoms with Crippen LogP contribution in [0.15, 0.2) is 18.2 Å². The molecule has 0 heterocycles. The van der Waals surface area contributed by atoms with Crippen LogP contribution in [-0.4, -0.2) is 5.71 Å². The zero-order chi connectivity index (χ0) is 8.43. The Kier molecular flexibility index (Phi) is 2.25. The first-order valence-electron chi connectivity index (χ1n) is 3.12. The molecule has 0 radical (unpaired) electrons. The Morgan fingerprint density at radius 3 is 2.64 bits per heavy atom. The number of hydrogen-bond acceptors (Lipinski definition) is 1. The first-order valence-corrected chi connectivity index (χ1v) is 3.49. The van der Waals surface area contributed by atoms with Crippen LogP contribution in [0.5, 0.6) is 0 Å². The van der Waals surface area contributed by atoms with Crippen molar-refractivity contribution < 1.29 is 4.39 Å². The highest BCUT2D eigenvalue weighted by Gasteiger charge is 2.00. The fraction of sp³-hybridized carbons (Fsp3) is 0.125. The van der Waals surface area contributed by atoms with Crippen molar-refractivity contribution in [2.75, 3.05) is 0 Å². The number of nitrogens with one attached hydrogen (secondary N) is 1. The van der Waals surface area contributed by atoms with Crippen LogP contribution in [0.4, 0.5) is 4.39 Å². The van der Waals surface area contributed by atoms with Gasteiger partial charge in [0.05, 0.1) is 5.02 Å². The highest BCUT2D eigenvalue weighted by Crippen LogP contribution is 2.15. The van der Waals surface area contributed by atoms with Crippen LogP contribution in [-0.2, 0) is 0 Å². The molecule has 1 N–H and O–H groups in total. The number of rotatable bonds is 1. The van der Waals surface area contributed by atoms with E-state index in [0.717, 1.165) is 0 Å². The maximum Gasteiger partial charge on any atom is 0.141 e. The Morgan fingerprint density at radius 1 is 1.55 bits per heavy atom. The molecule has 0 spiro atoms. The third-order valence-electron chi connectivity index (χ3n) is 1.35. The maximum absolute atomic E-state index is 12.6. The zero-order valence-corrected chi connectivity index (χ0v) is 6.74. The Hall–Kier alpha value is -0.890. The number of halogens is 2. The lowest BCUT2D eigenvalue weighted by molar-refractivity contribution is 0.628. The number of benzene rings is 1. The molecule has 1 rings (SSSR count). The average Bonchev–Trinajstić information content (AvgIpc) is 1.94. The second-order valence-corrected chi connectivity index (χ2v) is 2.66. The van der Waals surface area contributed by atoms with E-state index in [-0.39, 0.29) is 5.02 Å². The number of hydrogen-bond donors (Lipinski definition) is 1. The van der Waals surface area contributed by atoms with Crippen molar-refractivity contribution >= 4 is 17.3 Å². The molecule has 0 aliphatic carbocycles. The molecule has 0 amide bonds. The van der Waals surface area contributed by atoms with Gasteiger partial charge in [-0.1, -0.05) is 17.7 Å². The predicted octanol–water partition coefficient (Wildman–Crippen LogP) is 2.87. The van der Waals surface area contributed by atoms with Gasteiger partial charge in [-0.3, -0.25) is 0 Å². The largest absolute Gasteiger partial charge is 0.305 e. The Bertz CT molecular complexity index is 296. The van der Waals surface area contributed by atoms with Gasteiger partial charge in [-0.15, -0.1) is 0 Å². The summed E-state index contributed by atoms with van der Waals surface area (Å²) in [5.74, 6) is -0.448. The van der Waals surface area contributed by atoms with Crippen molar-refractivity contribution in [2.45, 2.75) is 6.92 Å². The first-order chi connectivity index (χ1) is 5.11. The van der Waals surface area contributed by atoms with Crippen LogP contribution in [0.1, 0.15) is 12.5 Å². The van der Waals surface area contributed by atoms with E-state index in [1.165, 1.54) is 18.2 Å². The second-order valence-electron chi connectivity index (χ2n) is 2.25. The molecule has 3 heteroatoms. The van der Waals surface area contributed by atoms with Gasteiger partial charge in [0.25, 0.3) is 0 Å². The van der Waals surface area contributed by atoms with E-state index in [0.29, 0.717) is 11.3 Å². The maximum atomic E-state index is 12.6. The fourth-order valence-electron chi connectivity index (χ4n) is 0.729. The minimum Gasteiger partial charge on any atom is -0.305 e. The van der Waals surface area contributed by atoms with Gasteiger partial charge in [0.15, 0.2) is 0 Å². The van der Waals surface area contributed by atoms with Gasteiger partial charge in [-0.25, -0.2) is 4.39 Å². The summed E-state index contributed by atoms with van der Waals surface area (Å²) in [6.07, 6.45) is 0. The molecule has 1 nitrogen and oxygen atoms in total. The highest BCUT2D eigenvalue weighted by molar-refractivity contribution is 6.31. The minimum atomic E-state index is -0.448. The van der Waals surface area contributed by atoms with Gasteiger partial charge in [-0.05, 0) is 24.6 Å². The van der Waals surface area contributed by atoms with E-state index in [9.17, 15) is 4.39 Å². The standard InChI is InChI=1S/C8H7ClFN/c1-5(11)6-2-3-8(10)7(9)4-6/h2-4,11H,1H3. The average molecular weight is 172 g/mol. The smallest absolute Gasteiger partial charge is 0.141 e. The molecule has 11 heavy (non-hydrogen) atoms. The SMILES string of the molecule is CC(=N)c1ccc(F)c(Cl)c1. The van der Waals surface area contributed by atoms with Gasteiger partial charge >= 0.3 is 0 Å². The summed E-state index contributed by atoms with van der Waals surface area (Å²) in [6.45, 7) is 1.63. The molecule has 1 aromatic rings. The molecule has 0 aliphatic heterocycles. The summed E-state index contributed by atoms with van der Waals surface area (Å²) in [5.41, 5.74) is 1.03. The molecular formula is C8H7ClFN. The lowest BCUT2D eigenvalue weighted by Gasteiger charge is -1.98. The van der Waals surface area contributed by atoms with E-state index in [1.807, 2.05) is 0 Å². The van der Waals surface area contributed by atoms with E-state index in [1.54, 1.807) is 6.92 Å². The normalized spacial score (nSPS) is 9.73. The fourth-order valence-corrected chi connectivity index (χ4v) is 0.910. The Labute approximate surface area is 69.3 Å². The predicted molar refractivity (Wildman–Crippen MR) is 43.9 cm³/mol. The highest BCUT2D eigenvalue weighted by atomic mass is 35.5. The Morgan fingerprint density at radius 2 is 2.18 bits per heavy atom. The summed E-state index contributed by atoms with van der Waals surface area (Å²) in [7, 11) is 0. The quantitative estimate of drug-likeness (QED) is 0.629. The lowest BCUT2D eigenvalue weighted by Crippen LogP contribution is -1.91. The van der Waals surface area contributed by atoms with Gasteiger partial charge in [0, 0.05) is 5.71 Å². The topological polar surface area (TPSA) is 23.9 Å². The van der Waals surface area contributed by atoms with Crippen LogP contribution < -0.4 is 0 Å². The van der Waals surface area contributed by atoms with Gasteiger partial charge in [0.1, 0.15) is 5.82 Å². The zero-order valence-electron chi connectivity index (χ0n) is 5.99. The molecule has 58 valence electrons. The van der Waals surface area contributed by atoms with Crippen molar-refractivity contribution in [3.05, 3.63) is 34.6 Å². The van der Waals surface area contributed by atoms with Crippen LogP contribution in [0.3, 0.4) is 0 Å². The molecule has 1 aromatic carbocycles. The Balaban J connectivity index is 3.15. The summed E-state index contributed by atoms with van der Waals surface area (Å²) in [4.78, 5) is 0. The van der Waals surface area contributed by atoms with Crippen LogP contribution >= 0.6 is 11.6 Å². The van der Waals surface area contributed by atoms with Crippen molar-refractivity contribution in [2.24, 2.45) is 0 Å². The summed E-state index contributed by atoms with van der Waals surface area (Å²) in [6, 6.07) is 4.23. The molecule has 0 atom stereocenters. The van der Waals surface area contributed by atoms with Gasteiger partial charge in [0.2, 0.25) is 0 Å². The van der Waals surface area contributed by atoms with Crippen molar-refractivity contribution in [3.8, 4) is 0 Å². The molecule has 0 saturated carbocycles. The molecule has 0 aliphatic rings. The minimum absolute atomic E-state index is 0.0640. The monoisotopic (exact) mass is 171 g/mol. The second kappa shape index (κ2) is 3.01. The van der Waals surface area contributed by atoms with E-state index >= 15 is 0 Å². The van der Waals surface area contributed by atoms with Crippen molar-refractivity contribution in [3.63, 3.8) is 0 Å². The van der Waals surface area contributed by atoms with Crippen molar-refractivity contribution in [1.82, 2.24) is 0 Å². The van der Waals surface area contributed by atoms with Crippen LogP contribution in [0, 0.1) is 11.2 Å². The lowest BCUT2D eigenvalue weighted by atomic mass is 10.1. The summed E-state index contributed by atoms with van der Waals surface area (Å²) < 4.78 is 12.6.